The standard InChI is InChI=1S/C12H17NO/c13-11(12(14)7-4-8-12)9-10-5-2-1-3-6-10/h1-3,5-6,11,14H,4,7-9,13H2. The van der Waals surface area contributed by atoms with Gasteiger partial charge in [-0.3, -0.25) is 0 Å². The number of rotatable bonds is 3. The summed E-state index contributed by atoms with van der Waals surface area (Å²) in [5.74, 6) is 0. The minimum absolute atomic E-state index is 0.112. The van der Waals surface area contributed by atoms with Gasteiger partial charge in [0.25, 0.3) is 0 Å². The number of hydrogen-bond acceptors (Lipinski definition) is 2. The first kappa shape index (κ1) is 9.69. The summed E-state index contributed by atoms with van der Waals surface area (Å²) >= 11 is 0. The molecule has 1 aliphatic rings. The molecule has 1 unspecified atom stereocenters. The molecule has 0 aromatic heterocycles. The SMILES string of the molecule is NC(Cc1ccccc1)C1(O)CCC1. The Morgan fingerprint density at radius 2 is 1.93 bits per heavy atom. The summed E-state index contributed by atoms with van der Waals surface area (Å²) in [7, 11) is 0. The fourth-order valence-corrected chi connectivity index (χ4v) is 1.97. The first-order valence-electron chi connectivity index (χ1n) is 5.23. The van der Waals surface area contributed by atoms with Gasteiger partial charge in [0.15, 0.2) is 0 Å². The third-order valence-electron chi connectivity index (χ3n) is 3.21. The summed E-state index contributed by atoms with van der Waals surface area (Å²) in [5.41, 5.74) is 6.62. The van der Waals surface area contributed by atoms with Crippen LogP contribution in [0.15, 0.2) is 30.3 Å². The highest BCUT2D eigenvalue weighted by Gasteiger charge is 2.39. The summed E-state index contributed by atoms with van der Waals surface area (Å²) in [6.07, 6.45) is 3.61. The summed E-state index contributed by atoms with van der Waals surface area (Å²) in [6.45, 7) is 0. The first-order chi connectivity index (χ1) is 6.71. The molecule has 0 radical (unpaired) electrons. The van der Waals surface area contributed by atoms with E-state index >= 15 is 0 Å². The molecule has 0 aliphatic heterocycles. The van der Waals surface area contributed by atoms with E-state index in [-0.39, 0.29) is 6.04 Å². The topological polar surface area (TPSA) is 46.2 Å². The smallest absolute Gasteiger partial charge is 0.0801 e. The van der Waals surface area contributed by atoms with Crippen LogP contribution in [0.4, 0.5) is 0 Å². The fraction of sp³-hybridized carbons (Fsp3) is 0.500. The molecular formula is C12H17NO. The molecular weight excluding hydrogens is 174 g/mol. The Bertz CT molecular complexity index is 292. The fourth-order valence-electron chi connectivity index (χ4n) is 1.97. The van der Waals surface area contributed by atoms with Crippen molar-refractivity contribution in [2.24, 2.45) is 5.73 Å². The second-order valence-corrected chi connectivity index (χ2v) is 4.25. The Labute approximate surface area is 84.7 Å². The molecule has 2 heteroatoms. The normalized spacial score (nSPS) is 21.3. The Balaban J connectivity index is 1.98. The molecule has 14 heavy (non-hydrogen) atoms. The van der Waals surface area contributed by atoms with Crippen LogP contribution in [0.25, 0.3) is 0 Å². The van der Waals surface area contributed by atoms with E-state index < -0.39 is 5.60 Å². The Morgan fingerprint density at radius 1 is 1.29 bits per heavy atom. The molecule has 0 amide bonds. The van der Waals surface area contributed by atoms with E-state index in [1.54, 1.807) is 0 Å². The van der Waals surface area contributed by atoms with Crippen molar-refractivity contribution in [3.05, 3.63) is 35.9 Å². The van der Waals surface area contributed by atoms with Gasteiger partial charge in [0, 0.05) is 6.04 Å². The molecule has 1 aliphatic carbocycles. The molecule has 76 valence electrons. The minimum Gasteiger partial charge on any atom is -0.388 e. The van der Waals surface area contributed by atoms with Crippen LogP contribution in [0.3, 0.4) is 0 Å². The van der Waals surface area contributed by atoms with Gasteiger partial charge in [-0.05, 0) is 31.2 Å². The Morgan fingerprint density at radius 3 is 2.43 bits per heavy atom. The largest absolute Gasteiger partial charge is 0.388 e. The molecule has 0 heterocycles. The zero-order valence-electron chi connectivity index (χ0n) is 8.32. The quantitative estimate of drug-likeness (QED) is 0.760. The monoisotopic (exact) mass is 191 g/mol. The van der Waals surface area contributed by atoms with Crippen LogP contribution in [-0.2, 0) is 6.42 Å². The lowest BCUT2D eigenvalue weighted by Gasteiger charge is -2.41. The van der Waals surface area contributed by atoms with E-state index in [1.807, 2.05) is 18.2 Å². The van der Waals surface area contributed by atoms with Crippen LogP contribution in [0.1, 0.15) is 24.8 Å². The molecule has 1 atom stereocenters. The zero-order chi connectivity index (χ0) is 10.0. The van der Waals surface area contributed by atoms with E-state index in [1.165, 1.54) is 5.56 Å². The molecule has 2 nitrogen and oxygen atoms in total. The van der Waals surface area contributed by atoms with Crippen molar-refractivity contribution in [3.63, 3.8) is 0 Å². The first-order valence-corrected chi connectivity index (χ1v) is 5.23. The van der Waals surface area contributed by atoms with Gasteiger partial charge in [-0.2, -0.15) is 0 Å². The highest BCUT2D eigenvalue weighted by molar-refractivity contribution is 5.17. The second kappa shape index (κ2) is 3.71. The molecule has 1 aromatic rings. The molecule has 1 fully saturated rings. The van der Waals surface area contributed by atoms with Gasteiger partial charge in [-0.15, -0.1) is 0 Å². The average Bonchev–Trinajstić information content (AvgIpc) is 2.15. The van der Waals surface area contributed by atoms with Crippen molar-refractivity contribution >= 4 is 0 Å². The summed E-state index contributed by atoms with van der Waals surface area (Å²) in [5, 5.41) is 10.0. The summed E-state index contributed by atoms with van der Waals surface area (Å²) in [4.78, 5) is 0. The minimum atomic E-state index is -0.587. The lowest BCUT2D eigenvalue weighted by atomic mass is 9.73. The predicted octanol–water partition coefficient (Wildman–Crippen LogP) is 1.47. The zero-order valence-corrected chi connectivity index (χ0v) is 8.32. The van der Waals surface area contributed by atoms with E-state index in [4.69, 9.17) is 5.73 Å². The number of aliphatic hydroxyl groups is 1. The molecule has 1 saturated carbocycles. The van der Waals surface area contributed by atoms with Gasteiger partial charge in [0.2, 0.25) is 0 Å². The summed E-state index contributed by atoms with van der Waals surface area (Å²) in [6, 6.07) is 10.0. The molecule has 1 aromatic carbocycles. The van der Waals surface area contributed by atoms with Gasteiger partial charge in [-0.25, -0.2) is 0 Å². The second-order valence-electron chi connectivity index (χ2n) is 4.25. The number of benzene rings is 1. The molecule has 0 saturated heterocycles. The Hall–Kier alpha value is -0.860. The van der Waals surface area contributed by atoms with Crippen LogP contribution >= 0.6 is 0 Å². The lowest BCUT2D eigenvalue weighted by molar-refractivity contribution is -0.0546. The number of hydrogen-bond donors (Lipinski definition) is 2. The van der Waals surface area contributed by atoms with Crippen LogP contribution < -0.4 is 5.73 Å². The van der Waals surface area contributed by atoms with Crippen molar-refractivity contribution in [2.45, 2.75) is 37.3 Å². The van der Waals surface area contributed by atoms with Crippen LogP contribution in [0.5, 0.6) is 0 Å². The van der Waals surface area contributed by atoms with Crippen molar-refractivity contribution in [1.82, 2.24) is 0 Å². The third kappa shape index (κ3) is 1.81. The van der Waals surface area contributed by atoms with Crippen LogP contribution in [0, 0.1) is 0 Å². The lowest BCUT2D eigenvalue weighted by Crippen LogP contribution is -2.53. The molecule has 2 rings (SSSR count). The highest BCUT2D eigenvalue weighted by Crippen LogP contribution is 2.34. The van der Waals surface area contributed by atoms with Crippen molar-refractivity contribution in [1.29, 1.82) is 0 Å². The van der Waals surface area contributed by atoms with Crippen molar-refractivity contribution in [3.8, 4) is 0 Å². The summed E-state index contributed by atoms with van der Waals surface area (Å²) < 4.78 is 0. The van der Waals surface area contributed by atoms with Gasteiger partial charge in [0.05, 0.1) is 5.60 Å². The number of nitrogens with two attached hydrogens (primary N) is 1. The van der Waals surface area contributed by atoms with Gasteiger partial charge < -0.3 is 10.8 Å². The average molecular weight is 191 g/mol. The van der Waals surface area contributed by atoms with Gasteiger partial charge in [-0.1, -0.05) is 30.3 Å². The molecule has 3 N–H and O–H groups in total. The maximum atomic E-state index is 10.0. The van der Waals surface area contributed by atoms with Crippen LogP contribution in [-0.4, -0.2) is 16.7 Å². The van der Waals surface area contributed by atoms with E-state index in [2.05, 4.69) is 12.1 Å². The Kier molecular flexibility index (Phi) is 2.57. The van der Waals surface area contributed by atoms with Crippen molar-refractivity contribution < 1.29 is 5.11 Å². The van der Waals surface area contributed by atoms with E-state index in [9.17, 15) is 5.11 Å². The maximum absolute atomic E-state index is 10.0. The molecule has 0 spiro atoms. The van der Waals surface area contributed by atoms with Crippen molar-refractivity contribution in [2.75, 3.05) is 0 Å². The van der Waals surface area contributed by atoms with Gasteiger partial charge in [0.1, 0.15) is 0 Å². The van der Waals surface area contributed by atoms with Gasteiger partial charge >= 0.3 is 0 Å². The van der Waals surface area contributed by atoms with E-state index in [0.29, 0.717) is 0 Å². The third-order valence-corrected chi connectivity index (χ3v) is 3.21. The predicted molar refractivity (Wildman–Crippen MR) is 56.9 cm³/mol. The maximum Gasteiger partial charge on any atom is 0.0801 e. The van der Waals surface area contributed by atoms with Crippen LogP contribution in [0.2, 0.25) is 0 Å². The highest BCUT2D eigenvalue weighted by atomic mass is 16.3. The van der Waals surface area contributed by atoms with E-state index in [0.717, 1.165) is 25.7 Å². The molecule has 0 bridgehead atoms.